The molecule has 2 aromatic rings. The summed E-state index contributed by atoms with van der Waals surface area (Å²) >= 11 is 3.67. The van der Waals surface area contributed by atoms with E-state index in [9.17, 15) is 0 Å². The Kier molecular flexibility index (Phi) is 5.81. The van der Waals surface area contributed by atoms with Gasteiger partial charge in [-0.3, -0.25) is 0 Å². The summed E-state index contributed by atoms with van der Waals surface area (Å²) in [6.45, 7) is 5.33. The molecule has 2 aromatic carbocycles. The number of rotatable bonds is 6. The molecule has 1 atom stereocenters. The van der Waals surface area contributed by atoms with Crippen LogP contribution in [0, 0.1) is 0 Å². The number of hydrogen-bond donors (Lipinski definition) is 1. The fourth-order valence-corrected chi connectivity index (χ4v) is 3.05. The second kappa shape index (κ2) is 7.61. The van der Waals surface area contributed by atoms with Gasteiger partial charge in [0.15, 0.2) is 0 Å². The van der Waals surface area contributed by atoms with Gasteiger partial charge in [0.1, 0.15) is 0 Å². The lowest BCUT2D eigenvalue weighted by atomic mass is 9.96. The quantitative estimate of drug-likeness (QED) is 0.776. The molecule has 0 saturated heterocycles. The van der Waals surface area contributed by atoms with Crippen molar-refractivity contribution in [2.45, 2.75) is 32.7 Å². The summed E-state index contributed by atoms with van der Waals surface area (Å²) in [5, 5.41) is 3.60. The first-order valence-electron chi connectivity index (χ1n) is 7.33. The molecule has 1 unspecified atom stereocenters. The molecule has 0 aliphatic heterocycles. The fraction of sp³-hybridized carbons (Fsp3) is 0.333. The van der Waals surface area contributed by atoms with Gasteiger partial charge in [-0.2, -0.15) is 0 Å². The summed E-state index contributed by atoms with van der Waals surface area (Å²) in [5.41, 5.74) is 4.05. The maximum Gasteiger partial charge on any atom is 0.0587 e. The van der Waals surface area contributed by atoms with Crippen LogP contribution in [0.2, 0.25) is 0 Å². The Labute approximate surface area is 130 Å². The van der Waals surface area contributed by atoms with Crippen LogP contribution in [0.3, 0.4) is 0 Å². The van der Waals surface area contributed by atoms with Gasteiger partial charge >= 0.3 is 0 Å². The minimum Gasteiger partial charge on any atom is -0.306 e. The van der Waals surface area contributed by atoms with Gasteiger partial charge in [-0.25, -0.2) is 0 Å². The standard InChI is InChI=1S/C18H22BrN/c1-3-8-14-9-7-10-15(13-14)18(20-4-2)16-11-5-6-12-17(16)19/h5-7,9-13,18,20H,3-4,8H2,1-2H3. The molecular weight excluding hydrogens is 310 g/mol. The Balaban J connectivity index is 2.38. The van der Waals surface area contributed by atoms with Gasteiger partial charge in [-0.1, -0.05) is 78.7 Å². The summed E-state index contributed by atoms with van der Waals surface area (Å²) in [6, 6.07) is 17.6. The van der Waals surface area contributed by atoms with Crippen molar-refractivity contribution in [3.63, 3.8) is 0 Å². The largest absolute Gasteiger partial charge is 0.306 e. The van der Waals surface area contributed by atoms with Crippen molar-refractivity contribution < 1.29 is 0 Å². The van der Waals surface area contributed by atoms with Gasteiger partial charge in [0.25, 0.3) is 0 Å². The van der Waals surface area contributed by atoms with Gasteiger partial charge in [0.05, 0.1) is 6.04 Å². The Morgan fingerprint density at radius 2 is 1.85 bits per heavy atom. The highest BCUT2D eigenvalue weighted by atomic mass is 79.9. The monoisotopic (exact) mass is 331 g/mol. The molecule has 0 fully saturated rings. The van der Waals surface area contributed by atoms with Crippen LogP contribution in [0.5, 0.6) is 0 Å². The van der Waals surface area contributed by atoms with Crippen LogP contribution in [0.25, 0.3) is 0 Å². The number of hydrogen-bond acceptors (Lipinski definition) is 1. The van der Waals surface area contributed by atoms with E-state index in [1.165, 1.54) is 23.1 Å². The Bertz CT molecular complexity index is 551. The van der Waals surface area contributed by atoms with Crippen molar-refractivity contribution >= 4 is 15.9 Å². The van der Waals surface area contributed by atoms with Crippen LogP contribution in [0.1, 0.15) is 43.0 Å². The second-order valence-corrected chi connectivity index (χ2v) is 5.86. The minimum atomic E-state index is 0.243. The van der Waals surface area contributed by atoms with Gasteiger partial charge < -0.3 is 5.32 Å². The second-order valence-electron chi connectivity index (χ2n) is 5.01. The molecule has 2 rings (SSSR count). The third-order valence-electron chi connectivity index (χ3n) is 3.45. The van der Waals surface area contributed by atoms with Crippen LogP contribution < -0.4 is 5.32 Å². The molecule has 0 aliphatic carbocycles. The third-order valence-corrected chi connectivity index (χ3v) is 4.17. The van der Waals surface area contributed by atoms with E-state index in [-0.39, 0.29) is 6.04 Å². The van der Waals surface area contributed by atoms with Crippen molar-refractivity contribution in [3.8, 4) is 0 Å². The van der Waals surface area contributed by atoms with Crippen LogP contribution in [0.15, 0.2) is 53.0 Å². The van der Waals surface area contributed by atoms with E-state index in [1.54, 1.807) is 0 Å². The van der Waals surface area contributed by atoms with Crippen LogP contribution in [-0.2, 0) is 6.42 Å². The highest BCUT2D eigenvalue weighted by Crippen LogP contribution is 2.29. The first-order chi connectivity index (χ1) is 9.76. The summed E-state index contributed by atoms with van der Waals surface area (Å²) in [4.78, 5) is 0. The third kappa shape index (κ3) is 3.71. The first-order valence-corrected chi connectivity index (χ1v) is 8.12. The Hall–Kier alpha value is -1.12. The average Bonchev–Trinajstić information content (AvgIpc) is 2.46. The SMILES string of the molecule is CCCc1cccc(C(NCC)c2ccccc2Br)c1. The first kappa shape index (κ1) is 15.3. The molecule has 2 heteroatoms. The van der Waals surface area contributed by atoms with E-state index in [0.29, 0.717) is 0 Å². The Morgan fingerprint density at radius 3 is 2.55 bits per heavy atom. The zero-order chi connectivity index (χ0) is 14.4. The zero-order valence-electron chi connectivity index (χ0n) is 12.2. The topological polar surface area (TPSA) is 12.0 Å². The summed E-state index contributed by atoms with van der Waals surface area (Å²) in [6.07, 6.45) is 2.33. The van der Waals surface area contributed by atoms with Crippen LogP contribution >= 0.6 is 15.9 Å². The lowest BCUT2D eigenvalue weighted by molar-refractivity contribution is 0.627. The van der Waals surface area contributed by atoms with Gasteiger partial charge in [0, 0.05) is 4.47 Å². The van der Waals surface area contributed by atoms with Gasteiger partial charge in [0.2, 0.25) is 0 Å². The molecule has 0 amide bonds. The van der Waals surface area contributed by atoms with Crippen molar-refractivity contribution in [2.75, 3.05) is 6.54 Å². The molecule has 1 N–H and O–H groups in total. The smallest absolute Gasteiger partial charge is 0.0587 e. The van der Waals surface area contributed by atoms with E-state index < -0.39 is 0 Å². The molecule has 0 radical (unpaired) electrons. The van der Waals surface area contributed by atoms with E-state index in [1.807, 2.05) is 0 Å². The maximum atomic E-state index is 3.67. The van der Waals surface area contributed by atoms with Crippen LogP contribution in [-0.4, -0.2) is 6.54 Å². The summed E-state index contributed by atoms with van der Waals surface area (Å²) < 4.78 is 1.16. The molecule has 0 heterocycles. The summed E-state index contributed by atoms with van der Waals surface area (Å²) in [5.74, 6) is 0. The molecule has 0 saturated carbocycles. The van der Waals surface area contributed by atoms with Gasteiger partial charge in [-0.05, 0) is 35.7 Å². The predicted molar refractivity (Wildman–Crippen MR) is 90.1 cm³/mol. The maximum absolute atomic E-state index is 3.67. The summed E-state index contributed by atoms with van der Waals surface area (Å²) in [7, 11) is 0. The van der Waals surface area contributed by atoms with Crippen molar-refractivity contribution in [2.24, 2.45) is 0 Å². The molecule has 0 bridgehead atoms. The highest BCUT2D eigenvalue weighted by Gasteiger charge is 2.15. The van der Waals surface area contributed by atoms with Crippen LogP contribution in [0.4, 0.5) is 0 Å². The number of nitrogens with one attached hydrogen (secondary N) is 1. The van der Waals surface area contributed by atoms with Gasteiger partial charge in [-0.15, -0.1) is 0 Å². The minimum absolute atomic E-state index is 0.243. The zero-order valence-corrected chi connectivity index (χ0v) is 13.8. The van der Waals surface area contributed by atoms with E-state index in [0.717, 1.165) is 17.4 Å². The predicted octanol–water partition coefficient (Wildman–Crippen LogP) is 5.10. The van der Waals surface area contributed by atoms with E-state index in [4.69, 9.17) is 0 Å². The van der Waals surface area contributed by atoms with Crippen molar-refractivity contribution in [1.29, 1.82) is 0 Å². The molecule has 106 valence electrons. The molecule has 1 nitrogen and oxygen atoms in total. The average molecular weight is 332 g/mol. The number of halogens is 1. The molecule has 0 spiro atoms. The van der Waals surface area contributed by atoms with Crippen molar-refractivity contribution in [1.82, 2.24) is 5.32 Å². The normalized spacial score (nSPS) is 12.3. The Morgan fingerprint density at radius 1 is 1.05 bits per heavy atom. The van der Waals surface area contributed by atoms with Crippen molar-refractivity contribution in [3.05, 3.63) is 69.7 Å². The lowest BCUT2D eigenvalue weighted by Crippen LogP contribution is -2.22. The van der Waals surface area contributed by atoms with E-state index in [2.05, 4.69) is 83.6 Å². The lowest BCUT2D eigenvalue weighted by Gasteiger charge is -2.21. The molecule has 0 aromatic heterocycles. The number of aryl methyl sites for hydroxylation is 1. The molecule has 20 heavy (non-hydrogen) atoms. The number of benzene rings is 2. The molecular formula is C18H22BrN. The highest BCUT2D eigenvalue weighted by molar-refractivity contribution is 9.10. The van der Waals surface area contributed by atoms with E-state index >= 15 is 0 Å². The molecule has 0 aliphatic rings. The fourth-order valence-electron chi connectivity index (χ4n) is 2.54.